The van der Waals surface area contributed by atoms with E-state index in [4.69, 9.17) is 18.9 Å². The molecule has 0 bridgehead atoms. The molecule has 0 unspecified atom stereocenters. The van der Waals surface area contributed by atoms with Crippen LogP contribution < -0.4 is 25.2 Å². The third kappa shape index (κ3) is 10.2. The van der Waals surface area contributed by atoms with Crippen LogP contribution in [0.25, 0.3) is 0 Å². The fraction of sp³-hybridized carbons (Fsp3) is 0.393. The van der Waals surface area contributed by atoms with Gasteiger partial charge in [0.2, 0.25) is 11.8 Å². The van der Waals surface area contributed by atoms with E-state index in [0.29, 0.717) is 72.8 Å². The summed E-state index contributed by atoms with van der Waals surface area (Å²) in [7, 11) is 1.21. The Bertz CT molecular complexity index is 3040. The van der Waals surface area contributed by atoms with Crippen LogP contribution in [-0.2, 0) is 38.8 Å². The first-order valence-electron chi connectivity index (χ1n) is 26.6. The summed E-state index contributed by atoms with van der Waals surface area (Å²) in [5, 5.41) is 27.7. The fourth-order valence-corrected chi connectivity index (χ4v) is 12.2. The fourth-order valence-electron chi connectivity index (χ4n) is 12.2. The summed E-state index contributed by atoms with van der Waals surface area (Å²) in [6.45, 7) is 5.64. The van der Waals surface area contributed by atoms with Gasteiger partial charge in [0.1, 0.15) is 41.6 Å². The lowest BCUT2D eigenvalue weighted by Gasteiger charge is -2.46. The summed E-state index contributed by atoms with van der Waals surface area (Å²) in [5.41, 5.74) is 0.334. The number of fused-ring (bicyclic) bond motifs is 3. The minimum Gasteiger partial charge on any atom is -0.491 e. The Hall–Kier alpha value is -7.55. The molecule has 4 heterocycles. The highest BCUT2D eigenvalue weighted by atomic mass is 16.6. The van der Waals surface area contributed by atoms with Crippen LogP contribution >= 0.6 is 0 Å². The van der Waals surface area contributed by atoms with Crippen molar-refractivity contribution >= 4 is 46.8 Å². The van der Waals surface area contributed by atoms with Gasteiger partial charge in [0.15, 0.2) is 0 Å². The number of aliphatic hydroxyl groups excluding tert-OH is 1. The van der Waals surface area contributed by atoms with Gasteiger partial charge in [-0.15, -0.1) is 0 Å². The van der Waals surface area contributed by atoms with Gasteiger partial charge >= 0.3 is 18.0 Å². The number of nitrogens with zero attached hydrogens (tertiary/aromatic N) is 3. The zero-order valence-electron chi connectivity index (χ0n) is 43.6. The van der Waals surface area contributed by atoms with E-state index in [1.54, 1.807) is 68.4 Å². The number of hydrogen-bond acceptors (Lipinski definition) is 13. The molecule has 0 aromatic heterocycles. The molecular formula is C61H65N5O11. The van der Waals surface area contributed by atoms with Crippen LogP contribution in [0.3, 0.4) is 0 Å². The SMILES string of the molecule is COC(=O)[C@@H](NC(=O)N1C(=O)[C@@]2(c3cc(C#CC4(O)CCCCCC4)ccc31)[C@H](C(=O)Nc1ccc(N3CCOCC3)cc1)[C@H]1C(=O)O[C@H](c3ccccc3)[C@H](c3ccccc3)N1[C@@H]2c1cccc(OCCO)c1)C(C)C. The molecule has 0 radical (unpaired) electrons. The molecule has 400 valence electrons. The van der Waals surface area contributed by atoms with Crippen LogP contribution in [0, 0.1) is 23.7 Å². The molecule has 10 rings (SSSR count). The van der Waals surface area contributed by atoms with Crippen molar-refractivity contribution in [3.63, 3.8) is 0 Å². The van der Waals surface area contributed by atoms with Crippen molar-refractivity contribution in [2.45, 2.75) is 93.7 Å². The van der Waals surface area contributed by atoms with E-state index in [1.165, 1.54) is 7.11 Å². The van der Waals surface area contributed by atoms with Crippen molar-refractivity contribution in [2.24, 2.45) is 11.8 Å². The quantitative estimate of drug-likeness (QED) is 0.0544. The monoisotopic (exact) mass is 1040 g/mol. The number of anilines is 3. The molecule has 1 aliphatic carbocycles. The number of cyclic esters (lactones) is 1. The molecule has 5 aromatic rings. The van der Waals surface area contributed by atoms with Gasteiger partial charge < -0.3 is 44.7 Å². The predicted octanol–water partition coefficient (Wildman–Crippen LogP) is 7.54. The number of morpholine rings is 2. The topological polar surface area (TPSA) is 197 Å². The maximum Gasteiger partial charge on any atom is 0.329 e. The normalized spacial score (nSPS) is 24.2. The van der Waals surface area contributed by atoms with Crippen LogP contribution in [-0.4, -0.2) is 109 Å². The van der Waals surface area contributed by atoms with E-state index in [1.807, 2.05) is 77.7 Å². The zero-order chi connectivity index (χ0) is 53.8. The molecule has 1 spiro atoms. The number of ether oxygens (including phenoxy) is 4. The molecule has 4 aliphatic heterocycles. The van der Waals surface area contributed by atoms with Crippen molar-refractivity contribution in [1.82, 2.24) is 10.2 Å². The Labute approximate surface area is 448 Å². The maximum atomic E-state index is 16.9. The highest BCUT2D eigenvalue weighted by Gasteiger charge is 2.75. The molecular weight excluding hydrogens is 979 g/mol. The van der Waals surface area contributed by atoms with Gasteiger partial charge in [0.05, 0.1) is 50.6 Å². The second-order valence-corrected chi connectivity index (χ2v) is 20.8. The summed E-state index contributed by atoms with van der Waals surface area (Å²) in [6, 6.07) is 32.2. The van der Waals surface area contributed by atoms with E-state index in [-0.39, 0.29) is 24.5 Å². The zero-order valence-corrected chi connectivity index (χ0v) is 43.6. The largest absolute Gasteiger partial charge is 0.491 e. The van der Waals surface area contributed by atoms with Gasteiger partial charge in [-0.05, 0) is 108 Å². The minimum atomic E-state index is -2.18. The second kappa shape index (κ2) is 22.6. The smallest absolute Gasteiger partial charge is 0.329 e. The number of amides is 4. The number of hydrogen-bond donors (Lipinski definition) is 4. The highest BCUT2D eigenvalue weighted by molar-refractivity contribution is 6.25. The number of rotatable bonds is 12. The average molecular weight is 1040 g/mol. The summed E-state index contributed by atoms with van der Waals surface area (Å²) in [5.74, 6) is 1.52. The molecule has 3 saturated heterocycles. The van der Waals surface area contributed by atoms with Crippen molar-refractivity contribution in [3.05, 3.63) is 155 Å². The van der Waals surface area contributed by atoms with Crippen molar-refractivity contribution in [3.8, 4) is 17.6 Å². The number of benzene rings is 5. The molecule has 77 heavy (non-hydrogen) atoms. The number of carbonyl (C=O) groups excluding carboxylic acids is 5. The third-order valence-corrected chi connectivity index (χ3v) is 15.8. The van der Waals surface area contributed by atoms with E-state index >= 15 is 19.2 Å². The first-order valence-corrected chi connectivity index (χ1v) is 26.6. The molecule has 16 heteroatoms. The van der Waals surface area contributed by atoms with Gasteiger partial charge in [-0.1, -0.05) is 111 Å². The van der Waals surface area contributed by atoms with Gasteiger partial charge in [0, 0.05) is 30.0 Å². The highest BCUT2D eigenvalue weighted by Crippen LogP contribution is 2.66. The number of carbonyl (C=O) groups is 5. The number of aliphatic hydroxyl groups is 2. The Morgan fingerprint density at radius 1 is 0.805 bits per heavy atom. The molecule has 5 aliphatic rings. The molecule has 5 aromatic carbocycles. The van der Waals surface area contributed by atoms with Gasteiger partial charge in [0.25, 0.3) is 0 Å². The molecule has 4 N–H and O–H groups in total. The van der Waals surface area contributed by atoms with E-state index in [2.05, 4.69) is 27.4 Å². The van der Waals surface area contributed by atoms with E-state index in [0.717, 1.165) is 36.3 Å². The number of imide groups is 1. The molecule has 16 nitrogen and oxygen atoms in total. The van der Waals surface area contributed by atoms with Crippen molar-refractivity contribution in [1.29, 1.82) is 0 Å². The van der Waals surface area contributed by atoms with Gasteiger partial charge in [-0.2, -0.15) is 0 Å². The number of urea groups is 1. The van der Waals surface area contributed by atoms with E-state index in [9.17, 15) is 15.0 Å². The van der Waals surface area contributed by atoms with Crippen LogP contribution in [0.4, 0.5) is 21.9 Å². The maximum absolute atomic E-state index is 16.9. The standard InChI is InChI=1S/C61H65N5O11/c1-39(2)50(56(69)74-3)63-59(72)65-48-26-21-40(27-30-60(73)28-12-4-5-13-29-60)37-47(48)61(58(65)71)49(55(68)62-44-22-24-45(25-23-44)64-31-34-75-35-32-64)52-57(70)77-53(42-17-10-7-11-18-42)51(41-15-8-6-9-16-41)66(52)54(61)43-19-14-20-46(38-43)76-36-33-67/h6-11,14-26,37-39,49-54,67,73H,4-5,12-13,28-29,31-36H2,1-3H3,(H,62,68)(H,63,72)/t49-,50-,51-,52-,53+,54+,61-/m0/s1. The Balaban J connectivity index is 1.25. The van der Waals surface area contributed by atoms with Crippen molar-refractivity contribution in [2.75, 3.05) is 61.7 Å². The number of esters is 2. The molecule has 4 fully saturated rings. The minimum absolute atomic E-state index is 0.0582. The lowest BCUT2D eigenvalue weighted by Crippen LogP contribution is -2.57. The number of methoxy groups -OCH3 is 1. The first-order chi connectivity index (χ1) is 37.4. The first kappa shape index (κ1) is 52.9. The molecule has 7 atom stereocenters. The summed E-state index contributed by atoms with van der Waals surface area (Å²) in [4.78, 5) is 82.6. The Morgan fingerprint density at radius 2 is 1.48 bits per heavy atom. The lowest BCUT2D eigenvalue weighted by atomic mass is 9.65. The Kier molecular flexibility index (Phi) is 15.5. The van der Waals surface area contributed by atoms with E-state index < -0.39 is 82.9 Å². The third-order valence-electron chi connectivity index (χ3n) is 15.8. The second-order valence-electron chi connectivity index (χ2n) is 20.8. The van der Waals surface area contributed by atoms with Crippen LogP contribution in [0.15, 0.2) is 127 Å². The van der Waals surface area contributed by atoms with Gasteiger partial charge in [-0.3, -0.25) is 19.3 Å². The molecule has 4 amide bonds. The number of nitrogens with one attached hydrogen (secondary N) is 2. The van der Waals surface area contributed by atoms with Crippen LogP contribution in [0.2, 0.25) is 0 Å². The predicted molar refractivity (Wildman–Crippen MR) is 288 cm³/mol. The van der Waals surface area contributed by atoms with Crippen LogP contribution in [0.5, 0.6) is 5.75 Å². The molecule has 1 saturated carbocycles. The van der Waals surface area contributed by atoms with Crippen LogP contribution in [0.1, 0.15) is 98.4 Å². The van der Waals surface area contributed by atoms with Crippen molar-refractivity contribution < 1.29 is 53.1 Å². The summed E-state index contributed by atoms with van der Waals surface area (Å²) in [6.07, 6.45) is 3.53. The Morgan fingerprint density at radius 3 is 2.14 bits per heavy atom. The van der Waals surface area contributed by atoms with Gasteiger partial charge in [-0.25, -0.2) is 14.5 Å². The average Bonchev–Trinajstić information content (AvgIpc) is 3.47. The summed E-state index contributed by atoms with van der Waals surface area (Å²) >= 11 is 0. The summed E-state index contributed by atoms with van der Waals surface area (Å²) < 4.78 is 23.4. The lowest BCUT2D eigenvalue weighted by molar-refractivity contribution is -0.177.